The Morgan fingerprint density at radius 3 is 2.19 bits per heavy atom. The van der Waals surface area contributed by atoms with Crippen LogP contribution in [0.3, 0.4) is 0 Å². The lowest BCUT2D eigenvalue weighted by Crippen LogP contribution is -2.59. The number of quaternary nitrogens is 2. The molecule has 0 heterocycles. The van der Waals surface area contributed by atoms with Crippen molar-refractivity contribution < 1.29 is 18.9 Å². The first kappa shape index (κ1) is 20.7. The zero-order valence-corrected chi connectivity index (χ0v) is 15.2. The molecule has 0 spiro atoms. The van der Waals surface area contributed by atoms with E-state index in [0.717, 1.165) is 6.42 Å². The Labute approximate surface area is 138 Å². The minimum absolute atomic E-state index is 0.186. The third kappa shape index (κ3) is 6.98. The number of halogens is 2. The fraction of sp³-hybridized carbons (Fsp3) is 0.786. The molecule has 3 atom stereocenters. The van der Waals surface area contributed by atoms with E-state index in [1.54, 1.807) is 0 Å². The number of nitrogens with zero attached hydrogens (tertiary/aromatic N) is 2. The minimum Gasteiger partial charge on any atom is -0.379 e. The highest BCUT2D eigenvalue weighted by molar-refractivity contribution is 6.23. The van der Waals surface area contributed by atoms with E-state index < -0.39 is 17.1 Å². The lowest BCUT2D eigenvalue weighted by Gasteiger charge is -2.40. The van der Waals surface area contributed by atoms with Crippen LogP contribution in [0.5, 0.6) is 0 Å². The van der Waals surface area contributed by atoms with E-state index in [4.69, 9.17) is 23.2 Å². The Balaban J connectivity index is 4.47. The van der Waals surface area contributed by atoms with E-state index in [9.17, 15) is 9.90 Å². The van der Waals surface area contributed by atoms with Crippen LogP contribution in [0.1, 0.15) is 6.42 Å². The summed E-state index contributed by atoms with van der Waals surface area (Å²) in [5.74, 6) is -0.186. The molecule has 0 saturated heterocycles. The number of hydrogen-bond acceptors (Lipinski definition) is 2. The first-order valence-corrected chi connectivity index (χ1v) is 7.81. The van der Waals surface area contributed by atoms with Crippen LogP contribution in [0.25, 0.3) is 0 Å². The average molecular weight is 342 g/mol. The van der Waals surface area contributed by atoms with Crippen LogP contribution in [0.4, 0.5) is 0 Å². The molecule has 0 saturated carbocycles. The maximum absolute atomic E-state index is 11.1. The van der Waals surface area contributed by atoms with Crippen molar-refractivity contribution in [3.63, 3.8) is 0 Å². The van der Waals surface area contributed by atoms with Gasteiger partial charge in [-0.05, 0) is 6.08 Å². The van der Waals surface area contributed by atoms with Gasteiger partial charge in [0.1, 0.15) is 0 Å². The molecule has 0 aliphatic carbocycles. The number of nitrogens with one attached hydrogen (secondary N) is 1. The first-order valence-electron chi connectivity index (χ1n) is 6.93. The van der Waals surface area contributed by atoms with E-state index in [-0.39, 0.29) is 5.91 Å². The van der Waals surface area contributed by atoms with E-state index in [2.05, 4.69) is 11.9 Å². The summed E-state index contributed by atoms with van der Waals surface area (Å²) >= 11 is 12.7. The van der Waals surface area contributed by atoms with E-state index >= 15 is 0 Å². The number of amides is 1. The van der Waals surface area contributed by atoms with Crippen LogP contribution in [0, 0.1) is 0 Å². The number of hydrogen-bond donors (Lipinski definition) is 2. The number of aliphatic hydroxyl groups is 1. The number of carbonyl (C=O) groups is 1. The quantitative estimate of drug-likeness (QED) is 0.216. The molecule has 124 valence electrons. The highest BCUT2D eigenvalue weighted by Gasteiger charge is 2.42. The van der Waals surface area contributed by atoms with E-state index in [1.165, 1.54) is 6.08 Å². The summed E-state index contributed by atoms with van der Waals surface area (Å²) in [5, 5.41) is 13.1. The van der Waals surface area contributed by atoms with Crippen molar-refractivity contribution in [1.82, 2.24) is 5.32 Å². The maximum atomic E-state index is 11.1. The molecule has 0 aromatic heterocycles. The number of likely N-dealkylation sites (N-methyl/N-ethyl adjacent to an activating group) is 2. The molecule has 1 amide bonds. The highest BCUT2D eigenvalue weighted by Crippen LogP contribution is 2.24. The topological polar surface area (TPSA) is 49.3 Å². The van der Waals surface area contributed by atoms with Crippen LogP contribution in [0.15, 0.2) is 12.7 Å². The van der Waals surface area contributed by atoms with Crippen molar-refractivity contribution in [2.45, 2.75) is 23.5 Å². The number of rotatable bonds is 9. The molecule has 5 nitrogen and oxygen atoms in total. The van der Waals surface area contributed by atoms with Gasteiger partial charge in [0.05, 0.1) is 41.8 Å². The van der Waals surface area contributed by atoms with Crippen molar-refractivity contribution in [3.8, 4) is 0 Å². The Kier molecular flexibility index (Phi) is 8.21. The fourth-order valence-electron chi connectivity index (χ4n) is 1.90. The minimum atomic E-state index is -0.842. The zero-order valence-electron chi connectivity index (χ0n) is 13.6. The van der Waals surface area contributed by atoms with E-state index in [0.29, 0.717) is 22.1 Å². The number of aliphatic hydroxyl groups excluding tert-OH is 1. The fourth-order valence-corrected chi connectivity index (χ4v) is 2.34. The van der Waals surface area contributed by atoms with Crippen molar-refractivity contribution >= 4 is 29.1 Å². The van der Waals surface area contributed by atoms with Crippen LogP contribution >= 0.6 is 23.2 Å². The molecule has 0 rings (SSSR count). The van der Waals surface area contributed by atoms with Gasteiger partial charge in [-0.3, -0.25) is 4.79 Å². The predicted octanol–water partition coefficient (Wildman–Crippen LogP) is 0.952. The molecule has 0 bridgehead atoms. The molecule has 7 heteroatoms. The van der Waals surface area contributed by atoms with Gasteiger partial charge >= 0.3 is 0 Å². The van der Waals surface area contributed by atoms with Gasteiger partial charge in [-0.2, -0.15) is 0 Å². The van der Waals surface area contributed by atoms with Gasteiger partial charge in [0.15, 0.2) is 17.1 Å². The summed E-state index contributed by atoms with van der Waals surface area (Å²) in [5.41, 5.74) is -1.02. The van der Waals surface area contributed by atoms with Crippen molar-refractivity contribution in [2.75, 3.05) is 48.3 Å². The van der Waals surface area contributed by atoms with Gasteiger partial charge in [-0.1, -0.05) is 29.8 Å². The van der Waals surface area contributed by atoms with Crippen molar-refractivity contribution in [1.29, 1.82) is 0 Å². The lowest BCUT2D eigenvalue weighted by atomic mass is 10.2. The second kappa shape index (κ2) is 8.34. The summed E-state index contributed by atoms with van der Waals surface area (Å²) in [6.07, 6.45) is 1.15. The first-order chi connectivity index (χ1) is 9.43. The van der Waals surface area contributed by atoms with Gasteiger partial charge in [0, 0.05) is 13.0 Å². The monoisotopic (exact) mass is 341 g/mol. The predicted molar refractivity (Wildman–Crippen MR) is 88.1 cm³/mol. The molecule has 0 radical (unpaired) electrons. The molecule has 0 aromatic rings. The van der Waals surface area contributed by atoms with Crippen molar-refractivity contribution in [3.05, 3.63) is 12.7 Å². The summed E-state index contributed by atoms with van der Waals surface area (Å²) in [4.78, 5) is 11.1. The molecule has 3 unspecified atom stereocenters. The van der Waals surface area contributed by atoms with Gasteiger partial charge in [-0.15, -0.1) is 0 Å². The second-order valence-corrected chi connectivity index (χ2v) is 7.60. The highest BCUT2D eigenvalue weighted by atomic mass is 35.5. The smallest absolute Gasteiger partial charge is 0.243 e. The zero-order chi connectivity index (χ0) is 16.8. The van der Waals surface area contributed by atoms with Crippen LogP contribution in [-0.4, -0.2) is 85.4 Å². The van der Waals surface area contributed by atoms with Crippen LogP contribution in [0.2, 0.25) is 0 Å². The molecular formula is C14H29Cl2N3O2+2. The Hall–Kier alpha value is -0.330. The lowest BCUT2D eigenvalue weighted by molar-refractivity contribution is -0.921. The Morgan fingerprint density at radius 1 is 1.24 bits per heavy atom. The van der Waals surface area contributed by atoms with Gasteiger partial charge in [0.25, 0.3) is 0 Å². The Bertz CT molecular complexity index is 357. The summed E-state index contributed by atoms with van der Waals surface area (Å²) in [6, 6.07) is 0. The number of carbonyl (C=O) groups excluding carboxylic acids is 1. The summed E-state index contributed by atoms with van der Waals surface area (Å²) < 4.78 is 0.831. The van der Waals surface area contributed by atoms with Gasteiger partial charge < -0.3 is 19.4 Å². The molecule has 0 aliphatic heterocycles. The van der Waals surface area contributed by atoms with Gasteiger partial charge in [0.2, 0.25) is 5.91 Å². The van der Waals surface area contributed by atoms with Crippen molar-refractivity contribution in [2.24, 2.45) is 0 Å². The normalized spacial score (nSPS) is 17.0. The largest absolute Gasteiger partial charge is 0.379 e. The standard InChI is InChI=1S/C14H28Cl2N3O2/c1-7-11(20)17-9-8-10-19(5,6)14(16)12(21)13(15)18(2,3)4/h7,12-14,21H,1,8-10H2,2-6H3/q+1/p+1. The maximum Gasteiger partial charge on any atom is 0.243 e. The Morgan fingerprint density at radius 2 is 1.76 bits per heavy atom. The molecule has 2 N–H and O–H groups in total. The summed E-state index contributed by atoms with van der Waals surface area (Å²) in [7, 11) is 9.62. The SMILES string of the molecule is C=CC(=O)NCCC[N+](C)(C)C(Cl)C(O)C(Cl)[N+](C)(C)C. The van der Waals surface area contributed by atoms with Gasteiger partial charge in [-0.25, -0.2) is 0 Å². The van der Waals surface area contributed by atoms with Crippen LogP contribution < -0.4 is 5.32 Å². The average Bonchev–Trinajstić information content (AvgIpc) is 2.39. The molecule has 0 aliphatic rings. The molecule has 0 aromatic carbocycles. The molecule has 0 fully saturated rings. The molecular weight excluding hydrogens is 313 g/mol. The summed E-state index contributed by atoms with van der Waals surface area (Å²) in [6.45, 7) is 4.65. The second-order valence-electron chi connectivity index (χ2n) is 6.70. The van der Waals surface area contributed by atoms with Crippen LogP contribution in [-0.2, 0) is 4.79 Å². The van der Waals surface area contributed by atoms with E-state index in [1.807, 2.05) is 35.2 Å². The third-order valence-electron chi connectivity index (χ3n) is 3.37. The molecule has 21 heavy (non-hydrogen) atoms. The third-order valence-corrected chi connectivity index (χ3v) is 5.00. The number of alkyl halides is 2.